The molecule has 0 saturated carbocycles. The molecule has 0 saturated heterocycles. The van der Waals surface area contributed by atoms with Crippen molar-refractivity contribution in [2.24, 2.45) is 0 Å². The minimum Gasteiger partial charge on any atom is -0.463 e. The molecule has 2 heteroatoms. The second-order valence-corrected chi connectivity index (χ2v) is 5.77. The van der Waals surface area contributed by atoms with Gasteiger partial charge in [0.25, 0.3) is 0 Å². The smallest absolute Gasteiger partial charge is 0.302 e. The molecule has 0 aromatic heterocycles. The number of esters is 1. The minimum absolute atomic E-state index is 0.0705. The highest BCUT2D eigenvalue weighted by atomic mass is 16.5. The maximum absolute atomic E-state index is 11.2. The van der Waals surface area contributed by atoms with Crippen LogP contribution in [0.5, 0.6) is 0 Å². The van der Waals surface area contributed by atoms with E-state index >= 15 is 0 Å². The molecule has 1 unspecified atom stereocenters. The number of carbonyl (C=O) groups excluding carboxylic acids is 1. The summed E-state index contributed by atoms with van der Waals surface area (Å²) in [5.74, 6) is -0.163. The van der Waals surface area contributed by atoms with E-state index in [-0.39, 0.29) is 12.1 Å². The lowest BCUT2D eigenvalue weighted by atomic mass is 10.0. The van der Waals surface area contributed by atoms with Gasteiger partial charge in [-0.3, -0.25) is 4.79 Å². The van der Waals surface area contributed by atoms with Crippen molar-refractivity contribution in [1.82, 2.24) is 0 Å². The van der Waals surface area contributed by atoms with E-state index in [0.717, 1.165) is 25.7 Å². The van der Waals surface area contributed by atoms with Gasteiger partial charge in [0.15, 0.2) is 0 Å². The fourth-order valence-corrected chi connectivity index (χ4v) is 2.43. The third-order valence-electron chi connectivity index (χ3n) is 3.61. The van der Waals surface area contributed by atoms with E-state index in [1.54, 1.807) is 6.08 Å². The Morgan fingerprint density at radius 2 is 1.68 bits per heavy atom. The van der Waals surface area contributed by atoms with Crippen LogP contribution in [0.25, 0.3) is 0 Å². The number of hydrogen-bond donors (Lipinski definition) is 0. The Kier molecular flexibility index (Phi) is 15.1. The zero-order chi connectivity index (χ0) is 16.5. The van der Waals surface area contributed by atoms with Crippen LogP contribution >= 0.6 is 0 Å². The molecule has 0 aromatic carbocycles. The van der Waals surface area contributed by atoms with Crippen molar-refractivity contribution < 1.29 is 9.53 Å². The normalized spacial score (nSPS) is 12.8. The van der Waals surface area contributed by atoms with Gasteiger partial charge in [0, 0.05) is 6.92 Å². The Morgan fingerprint density at radius 3 is 2.32 bits per heavy atom. The monoisotopic (exact) mass is 306 g/mol. The molecular weight excluding hydrogens is 272 g/mol. The molecule has 2 nitrogen and oxygen atoms in total. The predicted octanol–water partition coefficient (Wildman–Crippen LogP) is 6.14. The Labute approximate surface area is 137 Å². The van der Waals surface area contributed by atoms with Crippen LogP contribution in [0.15, 0.2) is 37.0 Å². The molecule has 0 spiro atoms. The lowest BCUT2D eigenvalue weighted by molar-refractivity contribution is -0.146. The molecule has 0 fully saturated rings. The average molecular weight is 306 g/mol. The Morgan fingerprint density at radius 1 is 1.00 bits per heavy atom. The van der Waals surface area contributed by atoms with E-state index in [2.05, 4.69) is 19.6 Å². The minimum atomic E-state index is -0.163. The van der Waals surface area contributed by atoms with Gasteiger partial charge in [-0.1, -0.05) is 82.4 Å². The summed E-state index contributed by atoms with van der Waals surface area (Å²) < 4.78 is 5.42. The summed E-state index contributed by atoms with van der Waals surface area (Å²) in [7, 11) is 0. The molecule has 0 rings (SSSR count). The van der Waals surface area contributed by atoms with Crippen LogP contribution in [0.1, 0.15) is 78.1 Å². The number of ether oxygens (including phenoxy) is 1. The molecule has 0 aromatic rings. The summed E-state index contributed by atoms with van der Waals surface area (Å²) in [5, 5.41) is 0. The maximum Gasteiger partial charge on any atom is 0.302 e. The van der Waals surface area contributed by atoms with Gasteiger partial charge in [0.2, 0.25) is 0 Å². The van der Waals surface area contributed by atoms with E-state index in [0.29, 0.717) is 0 Å². The van der Waals surface area contributed by atoms with Crippen LogP contribution in [-0.2, 0) is 9.53 Å². The van der Waals surface area contributed by atoms with Crippen LogP contribution < -0.4 is 0 Å². The van der Waals surface area contributed by atoms with Gasteiger partial charge in [-0.05, 0) is 25.7 Å². The number of rotatable bonds is 14. The van der Waals surface area contributed by atoms with Crippen LogP contribution in [0.2, 0.25) is 0 Å². The topological polar surface area (TPSA) is 26.3 Å². The van der Waals surface area contributed by atoms with Gasteiger partial charge in [0.05, 0.1) is 0 Å². The lowest BCUT2D eigenvalue weighted by Crippen LogP contribution is -2.16. The highest BCUT2D eigenvalue weighted by Crippen LogP contribution is 2.15. The number of carbonyl (C=O) groups is 1. The molecule has 0 heterocycles. The summed E-state index contributed by atoms with van der Waals surface area (Å²) in [6, 6.07) is 0. The molecule has 22 heavy (non-hydrogen) atoms. The summed E-state index contributed by atoms with van der Waals surface area (Å²) >= 11 is 0. The second-order valence-electron chi connectivity index (χ2n) is 5.77. The highest BCUT2D eigenvalue weighted by molar-refractivity contribution is 5.66. The third kappa shape index (κ3) is 15.1. The number of unbranched alkanes of at least 4 members (excludes halogenated alkanes) is 6. The van der Waals surface area contributed by atoms with Crippen molar-refractivity contribution in [1.29, 1.82) is 0 Å². The van der Waals surface area contributed by atoms with E-state index in [9.17, 15) is 4.79 Å². The Hall–Kier alpha value is -1.31. The van der Waals surface area contributed by atoms with Crippen molar-refractivity contribution in [2.75, 3.05) is 0 Å². The molecule has 0 aliphatic carbocycles. The Balaban J connectivity index is 3.82. The lowest BCUT2D eigenvalue weighted by Gasteiger charge is -2.16. The zero-order valence-corrected chi connectivity index (χ0v) is 14.6. The average Bonchev–Trinajstić information content (AvgIpc) is 2.49. The van der Waals surface area contributed by atoms with Crippen LogP contribution in [0, 0.1) is 0 Å². The maximum atomic E-state index is 11.2. The zero-order valence-electron chi connectivity index (χ0n) is 14.6. The van der Waals surface area contributed by atoms with Crippen LogP contribution in [-0.4, -0.2) is 12.1 Å². The predicted molar refractivity (Wildman–Crippen MR) is 95.9 cm³/mol. The van der Waals surface area contributed by atoms with Crippen molar-refractivity contribution >= 4 is 5.97 Å². The molecule has 1 atom stereocenters. The Bertz CT molecular complexity index is 329. The second kappa shape index (κ2) is 16.1. The first-order valence-corrected chi connectivity index (χ1v) is 8.82. The van der Waals surface area contributed by atoms with Crippen molar-refractivity contribution in [3.8, 4) is 0 Å². The summed E-state index contributed by atoms with van der Waals surface area (Å²) in [4.78, 5) is 11.2. The van der Waals surface area contributed by atoms with Gasteiger partial charge in [-0.2, -0.15) is 0 Å². The van der Waals surface area contributed by atoms with Crippen molar-refractivity contribution in [2.45, 2.75) is 84.2 Å². The van der Waals surface area contributed by atoms with E-state index in [4.69, 9.17) is 4.74 Å². The molecular formula is C20H34O2. The number of hydrogen-bond acceptors (Lipinski definition) is 2. The molecule has 0 aliphatic rings. The molecule has 0 amide bonds. The quantitative estimate of drug-likeness (QED) is 0.219. The van der Waals surface area contributed by atoms with E-state index < -0.39 is 0 Å². The number of allylic oxidation sites excluding steroid dienone is 5. The fourth-order valence-electron chi connectivity index (χ4n) is 2.43. The van der Waals surface area contributed by atoms with E-state index in [1.165, 1.54) is 45.4 Å². The highest BCUT2D eigenvalue weighted by Gasteiger charge is 2.10. The van der Waals surface area contributed by atoms with Crippen molar-refractivity contribution in [3.05, 3.63) is 37.0 Å². The van der Waals surface area contributed by atoms with Crippen LogP contribution in [0.4, 0.5) is 0 Å². The first-order chi connectivity index (χ1) is 10.7. The summed E-state index contributed by atoms with van der Waals surface area (Å²) in [6.45, 7) is 7.37. The van der Waals surface area contributed by atoms with Crippen LogP contribution in [0.3, 0.4) is 0 Å². The van der Waals surface area contributed by atoms with Gasteiger partial charge >= 0.3 is 5.97 Å². The van der Waals surface area contributed by atoms with Gasteiger partial charge in [-0.25, -0.2) is 0 Å². The third-order valence-corrected chi connectivity index (χ3v) is 3.61. The molecule has 0 bridgehead atoms. The molecule has 0 N–H and O–H groups in total. The molecule has 126 valence electrons. The van der Waals surface area contributed by atoms with E-state index in [1.807, 2.05) is 18.2 Å². The summed E-state index contributed by atoms with van der Waals surface area (Å²) in [6.07, 6.45) is 21.7. The van der Waals surface area contributed by atoms with Gasteiger partial charge < -0.3 is 4.74 Å². The van der Waals surface area contributed by atoms with Gasteiger partial charge in [-0.15, -0.1) is 0 Å². The first-order valence-electron chi connectivity index (χ1n) is 8.82. The SMILES string of the molecule is C=CC=CC=CCCC(CCCCCCCCC)OC(C)=O. The molecule has 0 radical (unpaired) electrons. The largest absolute Gasteiger partial charge is 0.463 e. The molecule has 0 aliphatic heterocycles. The van der Waals surface area contributed by atoms with Crippen molar-refractivity contribution in [3.63, 3.8) is 0 Å². The first kappa shape index (κ1) is 20.7. The van der Waals surface area contributed by atoms with Gasteiger partial charge in [0.1, 0.15) is 6.10 Å². The fraction of sp³-hybridized carbons (Fsp3) is 0.650. The summed E-state index contributed by atoms with van der Waals surface area (Å²) in [5.41, 5.74) is 0. The standard InChI is InChI=1S/C20H34O2/c1-4-6-8-10-12-14-16-18-20(22-19(3)21)17-15-13-11-9-7-5-2/h5,7,9,11,13,20H,2,4,6,8,10,12,14-18H2,1,3H3.